The van der Waals surface area contributed by atoms with Gasteiger partial charge in [0.05, 0.1) is 26.2 Å². The van der Waals surface area contributed by atoms with E-state index in [2.05, 4.69) is 0 Å². The molecule has 0 radical (unpaired) electrons. The summed E-state index contributed by atoms with van der Waals surface area (Å²) >= 11 is 0. The van der Waals surface area contributed by atoms with Crippen molar-refractivity contribution >= 4 is 5.78 Å². The van der Waals surface area contributed by atoms with E-state index in [1.807, 2.05) is 0 Å². The Balaban J connectivity index is 2.91. The number of Topliss-reactive ketones (excluding diaryl/α,β-unsaturated/α-hetero) is 1. The van der Waals surface area contributed by atoms with Crippen LogP contribution in [0.25, 0.3) is 0 Å². The lowest BCUT2D eigenvalue weighted by Crippen LogP contribution is -2.18. The number of carbonyl (C=O) groups is 1. The summed E-state index contributed by atoms with van der Waals surface area (Å²) in [6.45, 7) is 0. The normalized spacial score (nSPS) is 10.5. The summed E-state index contributed by atoms with van der Waals surface area (Å²) < 4.78 is 20.3. The van der Waals surface area contributed by atoms with Crippen LogP contribution in [-0.2, 0) is 9.47 Å². The maximum Gasteiger partial charge on any atom is 0.171 e. The van der Waals surface area contributed by atoms with Crippen LogP contribution in [-0.4, -0.2) is 40.5 Å². The highest BCUT2D eigenvalue weighted by atomic mass is 16.7. The largest absolute Gasteiger partial charge is 0.497 e. The summed E-state index contributed by atoms with van der Waals surface area (Å²) in [5, 5.41) is 0. The Hall–Kier alpha value is -1.59. The maximum absolute atomic E-state index is 12.1. The molecule has 1 aromatic carbocycles. The van der Waals surface area contributed by atoms with Crippen LogP contribution in [0, 0.1) is 0 Å². The average Bonchev–Trinajstić information content (AvgIpc) is 2.43. The minimum Gasteiger partial charge on any atom is -0.497 e. The number of hydrogen-bond acceptors (Lipinski definition) is 5. The van der Waals surface area contributed by atoms with Gasteiger partial charge in [0.1, 0.15) is 11.5 Å². The fraction of sp³-hybridized carbons (Fsp3) is 0.462. The summed E-state index contributed by atoms with van der Waals surface area (Å²) in [5.74, 6) is 1.01. The molecule has 0 atom stereocenters. The van der Waals surface area contributed by atoms with Crippen LogP contribution in [0.3, 0.4) is 0 Å². The van der Waals surface area contributed by atoms with Crippen molar-refractivity contribution in [3.05, 3.63) is 23.8 Å². The summed E-state index contributed by atoms with van der Waals surface area (Å²) in [5.41, 5.74) is 0.484. The van der Waals surface area contributed by atoms with E-state index in [-0.39, 0.29) is 12.2 Å². The summed E-state index contributed by atoms with van der Waals surface area (Å²) in [6.07, 6.45) is -0.417. The van der Waals surface area contributed by atoms with Gasteiger partial charge in [0.25, 0.3) is 0 Å². The molecule has 5 heteroatoms. The zero-order chi connectivity index (χ0) is 13.5. The fourth-order valence-electron chi connectivity index (χ4n) is 1.55. The number of rotatable bonds is 7. The molecule has 0 spiro atoms. The van der Waals surface area contributed by atoms with Gasteiger partial charge >= 0.3 is 0 Å². The Morgan fingerprint density at radius 1 is 1.11 bits per heavy atom. The molecule has 0 bridgehead atoms. The van der Waals surface area contributed by atoms with E-state index in [9.17, 15) is 4.79 Å². The second-order valence-corrected chi connectivity index (χ2v) is 3.59. The van der Waals surface area contributed by atoms with E-state index in [4.69, 9.17) is 18.9 Å². The van der Waals surface area contributed by atoms with Crippen molar-refractivity contribution in [2.75, 3.05) is 28.4 Å². The second-order valence-electron chi connectivity index (χ2n) is 3.59. The fourth-order valence-corrected chi connectivity index (χ4v) is 1.55. The van der Waals surface area contributed by atoms with E-state index in [1.165, 1.54) is 21.3 Å². The highest BCUT2D eigenvalue weighted by Crippen LogP contribution is 2.26. The molecular formula is C13H18O5. The highest BCUT2D eigenvalue weighted by Gasteiger charge is 2.18. The molecule has 0 unspecified atom stereocenters. The second kappa shape index (κ2) is 6.98. The smallest absolute Gasteiger partial charge is 0.171 e. The maximum atomic E-state index is 12.1. The highest BCUT2D eigenvalue weighted by molar-refractivity contribution is 5.99. The van der Waals surface area contributed by atoms with Crippen LogP contribution < -0.4 is 9.47 Å². The molecule has 0 heterocycles. The number of ether oxygens (including phenoxy) is 4. The van der Waals surface area contributed by atoms with Gasteiger partial charge < -0.3 is 18.9 Å². The molecule has 0 amide bonds. The molecule has 0 aliphatic carbocycles. The molecule has 0 aliphatic heterocycles. The van der Waals surface area contributed by atoms with E-state index < -0.39 is 6.29 Å². The summed E-state index contributed by atoms with van der Waals surface area (Å²) in [7, 11) is 6.05. The van der Waals surface area contributed by atoms with Crippen LogP contribution >= 0.6 is 0 Å². The first kappa shape index (κ1) is 14.5. The van der Waals surface area contributed by atoms with Crippen molar-refractivity contribution in [2.45, 2.75) is 12.7 Å². The number of methoxy groups -OCH3 is 4. The molecule has 0 N–H and O–H groups in total. The van der Waals surface area contributed by atoms with Crippen LogP contribution in [0.2, 0.25) is 0 Å². The molecular weight excluding hydrogens is 236 g/mol. The van der Waals surface area contributed by atoms with Gasteiger partial charge in [0.15, 0.2) is 12.1 Å². The van der Waals surface area contributed by atoms with Gasteiger partial charge in [0.2, 0.25) is 0 Å². The summed E-state index contributed by atoms with van der Waals surface area (Å²) in [4.78, 5) is 12.1. The third-order valence-corrected chi connectivity index (χ3v) is 2.59. The van der Waals surface area contributed by atoms with Crippen LogP contribution in [0.4, 0.5) is 0 Å². The predicted molar refractivity (Wildman–Crippen MR) is 66.3 cm³/mol. The zero-order valence-corrected chi connectivity index (χ0v) is 11.1. The van der Waals surface area contributed by atoms with Gasteiger partial charge in [0, 0.05) is 20.3 Å². The Kier molecular flexibility index (Phi) is 5.61. The van der Waals surface area contributed by atoms with E-state index in [1.54, 1.807) is 25.3 Å². The zero-order valence-electron chi connectivity index (χ0n) is 11.1. The molecule has 0 fully saturated rings. The minimum atomic E-state index is -0.552. The average molecular weight is 254 g/mol. The molecule has 0 saturated heterocycles. The topological polar surface area (TPSA) is 54.0 Å². The first-order valence-corrected chi connectivity index (χ1v) is 5.47. The van der Waals surface area contributed by atoms with Crippen LogP contribution in [0.15, 0.2) is 18.2 Å². The van der Waals surface area contributed by atoms with Crippen molar-refractivity contribution in [2.24, 2.45) is 0 Å². The number of benzene rings is 1. The SMILES string of the molecule is COc1ccc(C(=O)CC(OC)OC)c(OC)c1. The van der Waals surface area contributed by atoms with Crippen LogP contribution in [0.1, 0.15) is 16.8 Å². The molecule has 1 rings (SSSR count). The molecule has 18 heavy (non-hydrogen) atoms. The van der Waals surface area contributed by atoms with Gasteiger partial charge in [-0.2, -0.15) is 0 Å². The minimum absolute atomic E-state index is 0.108. The van der Waals surface area contributed by atoms with Crippen molar-refractivity contribution in [1.82, 2.24) is 0 Å². The van der Waals surface area contributed by atoms with Crippen molar-refractivity contribution < 1.29 is 23.7 Å². The lowest BCUT2D eigenvalue weighted by atomic mass is 10.1. The molecule has 0 saturated carbocycles. The van der Waals surface area contributed by atoms with E-state index >= 15 is 0 Å². The number of carbonyl (C=O) groups excluding carboxylic acids is 1. The number of ketones is 1. The monoisotopic (exact) mass is 254 g/mol. The Morgan fingerprint density at radius 2 is 1.78 bits per heavy atom. The third-order valence-electron chi connectivity index (χ3n) is 2.59. The quantitative estimate of drug-likeness (QED) is 0.549. The van der Waals surface area contributed by atoms with E-state index in [0.29, 0.717) is 17.1 Å². The Bertz CT molecular complexity index is 398. The molecule has 1 aromatic rings. The van der Waals surface area contributed by atoms with Gasteiger partial charge in [-0.15, -0.1) is 0 Å². The van der Waals surface area contributed by atoms with Crippen molar-refractivity contribution in [3.63, 3.8) is 0 Å². The summed E-state index contributed by atoms with van der Waals surface area (Å²) in [6, 6.07) is 5.05. The van der Waals surface area contributed by atoms with Gasteiger partial charge in [-0.3, -0.25) is 4.79 Å². The molecule has 0 aliphatic rings. The Morgan fingerprint density at radius 3 is 2.28 bits per heavy atom. The Labute approximate surface area is 107 Å². The third kappa shape index (κ3) is 3.45. The lowest BCUT2D eigenvalue weighted by Gasteiger charge is -2.14. The van der Waals surface area contributed by atoms with Gasteiger partial charge in [-0.1, -0.05) is 0 Å². The van der Waals surface area contributed by atoms with Crippen molar-refractivity contribution in [1.29, 1.82) is 0 Å². The molecule has 100 valence electrons. The van der Waals surface area contributed by atoms with Crippen LogP contribution in [0.5, 0.6) is 11.5 Å². The van der Waals surface area contributed by atoms with Crippen molar-refractivity contribution in [3.8, 4) is 11.5 Å². The molecule has 0 aromatic heterocycles. The first-order valence-electron chi connectivity index (χ1n) is 5.47. The lowest BCUT2D eigenvalue weighted by molar-refractivity contribution is -0.0993. The van der Waals surface area contributed by atoms with Gasteiger partial charge in [-0.25, -0.2) is 0 Å². The molecule has 5 nitrogen and oxygen atoms in total. The first-order chi connectivity index (χ1) is 8.65. The van der Waals surface area contributed by atoms with Gasteiger partial charge in [-0.05, 0) is 12.1 Å². The van der Waals surface area contributed by atoms with E-state index in [0.717, 1.165) is 0 Å². The number of hydrogen-bond donors (Lipinski definition) is 0. The predicted octanol–water partition coefficient (Wildman–Crippen LogP) is 1.90. The standard InChI is InChI=1S/C13H18O5/c1-15-9-5-6-10(12(7-9)16-2)11(14)8-13(17-3)18-4/h5-7,13H,8H2,1-4H3.